The van der Waals surface area contributed by atoms with E-state index in [-0.39, 0.29) is 34.0 Å². The van der Waals surface area contributed by atoms with Gasteiger partial charge in [0, 0.05) is 0 Å². The highest BCUT2D eigenvalue weighted by Gasteiger charge is 2.59. The molecule has 8 saturated carbocycles. The highest BCUT2D eigenvalue weighted by atomic mass is 16.3. The average molecular weight is 671 g/mol. The SMILES string of the molecule is C.C.C.CC(O)[C@H]1CC[C@H]2[C@@H]3CC[C@@H]4C[C@](C)(O)CC[C@@H]4[C@H]3CC[C@]12C.CC=C1CC[C@H]2[C@@H]3CC[C@@H]4C[C@](C)(O)CC[C@@H]4[C@H]3CC[C@]12C. The van der Waals surface area contributed by atoms with Gasteiger partial charge in [-0.1, -0.05) is 47.8 Å². The van der Waals surface area contributed by atoms with Crippen molar-refractivity contribution >= 4 is 0 Å². The van der Waals surface area contributed by atoms with Gasteiger partial charge in [0.25, 0.3) is 0 Å². The van der Waals surface area contributed by atoms with Crippen molar-refractivity contribution < 1.29 is 15.3 Å². The highest BCUT2D eigenvalue weighted by Crippen LogP contribution is 2.66. The third-order valence-corrected chi connectivity index (χ3v) is 17.3. The zero-order valence-corrected chi connectivity index (χ0v) is 30.1. The minimum Gasteiger partial charge on any atom is -0.393 e. The molecule has 3 N–H and O–H groups in total. The second-order valence-corrected chi connectivity index (χ2v) is 19.6. The highest BCUT2D eigenvalue weighted by molar-refractivity contribution is 5.23. The van der Waals surface area contributed by atoms with Crippen molar-refractivity contribution in [1.82, 2.24) is 0 Å². The quantitative estimate of drug-likeness (QED) is 0.243. The molecule has 0 aromatic carbocycles. The van der Waals surface area contributed by atoms with Crippen LogP contribution in [0.5, 0.6) is 0 Å². The molecule has 8 aliphatic rings. The summed E-state index contributed by atoms with van der Waals surface area (Å²) in [6, 6.07) is 0. The van der Waals surface area contributed by atoms with E-state index in [4.69, 9.17) is 0 Å². The van der Waals surface area contributed by atoms with Crippen LogP contribution in [0.25, 0.3) is 0 Å². The fourth-order valence-electron chi connectivity index (χ4n) is 15.3. The van der Waals surface area contributed by atoms with E-state index in [9.17, 15) is 15.3 Å². The molecule has 0 saturated heterocycles. The van der Waals surface area contributed by atoms with Crippen LogP contribution in [0.15, 0.2) is 11.6 Å². The first kappa shape index (κ1) is 40.4. The van der Waals surface area contributed by atoms with Gasteiger partial charge in [0.15, 0.2) is 0 Å². The largest absolute Gasteiger partial charge is 0.393 e. The number of aliphatic hydroxyl groups is 3. The molecule has 3 heteroatoms. The van der Waals surface area contributed by atoms with Crippen LogP contribution < -0.4 is 0 Å². The molecule has 0 bridgehead atoms. The summed E-state index contributed by atoms with van der Waals surface area (Å²) in [7, 11) is 0. The third-order valence-electron chi connectivity index (χ3n) is 17.3. The summed E-state index contributed by atoms with van der Waals surface area (Å²) < 4.78 is 0. The number of hydrogen-bond donors (Lipinski definition) is 3. The normalized spacial score (nSPS) is 53.3. The smallest absolute Gasteiger partial charge is 0.0622 e. The van der Waals surface area contributed by atoms with Crippen molar-refractivity contribution in [3.05, 3.63) is 11.6 Å². The molecule has 0 radical (unpaired) electrons. The molecule has 0 heterocycles. The summed E-state index contributed by atoms with van der Waals surface area (Å²) in [5.41, 5.74) is 1.92. The maximum atomic E-state index is 10.5. The molecule has 48 heavy (non-hydrogen) atoms. The van der Waals surface area contributed by atoms with Gasteiger partial charge in [-0.25, -0.2) is 0 Å². The Kier molecular flexibility index (Phi) is 12.3. The van der Waals surface area contributed by atoms with E-state index in [1.165, 1.54) is 89.9 Å². The number of allylic oxidation sites excluding steroid dienone is 2. The summed E-state index contributed by atoms with van der Waals surface area (Å²) in [5.74, 6) is 9.52. The van der Waals surface area contributed by atoms with Crippen LogP contribution in [0.3, 0.4) is 0 Å². The Balaban J connectivity index is 0.000000204. The van der Waals surface area contributed by atoms with Gasteiger partial charge >= 0.3 is 0 Å². The monoisotopic (exact) mass is 671 g/mol. The van der Waals surface area contributed by atoms with E-state index in [0.29, 0.717) is 16.7 Å². The van der Waals surface area contributed by atoms with Crippen LogP contribution in [0, 0.1) is 75.9 Å². The lowest BCUT2D eigenvalue weighted by Crippen LogP contribution is -2.51. The molecule has 0 aromatic heterocycles. The van der Waals surface area contributed by atoms with Gasteiger partial charge in [0.2, 0.25) is 0 Å². The van der Waals surface area contributed by atoms with E-state index >= 15 is 0 Å². The molecule has 8 rings (SSSR count). The van der Waals surface area contributed by atoms with E-state index in [2.05, 4.69) is 40.7 Å². The molecule has 8 fully saturated rings. The van der Waals surface area contributed by atoms with Gasteiger partial charge in [0.1, 0.15) is 0 Å². The molecule has 0 aliphatic heterocycles. The van der Waals surface area contributed by atoms with Crippen LogP contribution in [0.1, 0.15) is 179 Å². The standard InChI is InChI=1S/C21H36O2.C21H34O.3CH4/c1-13(22)18-6-7-19-17-5-4-14-12-20(2,23)10-8-15(14)16(17)9-11-21(18,19)3;1-4-15-6-8-19-18-7-5-14-13-20(2,22)11-9-16(14)17(18)10-12-21(15,19)3;;;/h13-19,22-23H,4-12H2,1-3H3;4,14,16-19,22H,5-13H2,1-3H3;3*1H4/t13?,14-,15+,16-,17-,18-,19+,20-,21-;14-,16+,17-,18-,19+,20-,21-;;;/m11.../s1. The molecule has 16 atom stereocenters. The van der Waals surface area contributed by atoms with Crippen molar-refractivity contribution in [2.75, 3.05) is 0 Å². The Morgan fingerprint density at radius 3 is 1.60 bits per heavy atom. The molecule has 0 amide bonds. The lowest BCUT2D eigenvalue weighted by Gasteiger charge is -2.57. The summed E-state index contributed by atoms with van der Waals surface area (Å²) in [5, 5.41) is 31.2. The fourth-order valence-corrected chi connectivity index (χ4v) is 15.3. The van der Waals surface area contributed by atoms with Crippen LogP contribution in [0.2, 0.25) is 0 Å². The van der Waals surface area contributed by atoms with Gasteiger partial charge in [0.05, 0.1) is 17.3 Å². The van der Waals surface area contributed by atoms with Crippen molar-refractivity contribution in [1.29, 1.82) is 0 Å². The van der Waals surface area contributed by atoms with Crippen molar-refractivity contribution in [2.24, 2.45) is 75.9 Å². The first-order valence-electron chi connectivity index (χ1n) is 20.0. The van der Waals surface area contributed by atoms with E-state index in [0.717, 1.165) is 84.9 Å². The molecule has 3 nitrogen and oxygen atoms in total. The zero-order chi connectivity index (χ0) is 31.9. The van der Waals surface area contributed by atoms with Crippen molar-refractivity contribution in [3.63, 3.8) is 0 Å². The summed E-state index contributed by atoms with van der Waals surface area (Å²) in [6.45, 7) is 13.5. The fraction of sp³-hybridized carbons (Fsp3) is 0.956. The summed E-state index contributed by atoms with van der Waals surface area (Å²) >= 11 is 0. The van der Waals surface area contributed by atoms with Gasteiger partial charge in [-0.2, -0.15) is 0 Å². The first-order valence-corrected chi connectivity index (χ1v) is 20.0. The Morgan fingerprint density at radius 1 is 0.583 bits per heavy atom. The summed E-state index contributed by atoms with van der Waals surface area (Å²) in [4.78, 5) is 0. The Labute approximate surface area is 298 Å². The molecule has 0 aromatic rings. The second kappa shape index (κ2) is 14.6. The van der Waals surface area contributed by atoms with Gasteiger partial charge < -0.3 is 15.3 Å². The molecule has 0 spiro atoms. The number of hydrogen-bond acceptors (Lipinski definition) is 3. The summed E-state index contributed by atoms with van der Waals surface area (Å²) in [6.07, 6.45) is 25.6. The van der Waals surface area contributed by atoms with Gasteiger partial charge in [-0.3, -0.25) is 0 Å². The van der Waals surface area contributed by atoms with Crippen LogP contribution in [0.4, 0.5) is 0 Å². The Bertz CT molecular complexity index is 1110. The van der Waals surface area contributed by atoms with E-state index in [1.54, 1.807) is 5.57 Å². The van der Waals surface area contributed by atoms with Crippen LogP contribution in [-0.2, 0) is 0 Å². The van der Waals surface area contributed by atoms with E-state index < -0.39 is 5.60 Å². The number of fused-ring (bicyclic) bond motifs is 10. The third kappa shape index (κ3) is 6.79. The number of rotatable bonds is 1. The second-order valence-electron chi connectivity index (χ2n) is 19.6. The average Bonchev–Trinajstić information content (AvgIpc) is 3.52. The van der Waals surface area contributed by atoms with Gasteiger partial charge in [-0.05, 0) is 219 Å². The lowest BCUT2D eigenvalue weighted by atomic mass is 9.49. The molecule has 8 aliphatic carbocycles. The van der Waals surface area contributed by atoms with Crippen LogP contribution in [-0.4, -0.2) is 32.6 Å². The molecular weight excluding hydrogens is 588 g/mol. The minimum atomic E-state index is -0.401. The number of aliphatic hydroxyl groups excluding tert-OH is 1. The Morgan fingerprint density at radius 2 is 1.08 bits per heavy atom. The van der Waals surface area contributed by atoms with Gasteiger partial charge in [-0.15, -0.1) is 0 Å². The maximum absolute atomic E-state index is 10.5. The van der Waals surface area contributed by atoms with E-state index in [1.807, 2.05) is 6.92 Å². The lowest BCUT2D eigenvalue weighted by molar-refractivity contribution is -0.106. The zero-order valence-electron chi connectivity index (χ0n) is 30.1. The minimum absolute atomic E-state index is 0. The van der Waals surface area contributed by atoms with Crippen molar-refractivity contribution in [2.45, 2.75) is 197 Å². The predicted octanol–water partition coefficient (Wildman–Crippen LogP) is 11.6. The van der Waals surface area contributed by atoms with Crippen molar-refractivity contribution in [3.8, 4) is 0 Å². The maximum Gasteiger partial charge on any atom is 0.0622 e. The topological polar surface area (TPSA) is 60.7 Å². The molecule has 280 valence electrons. The molecular formula is C45H82O3. The molecule has 1 unspecified atom stereocenters. The Hall–Kier alpha value is -0.380. The predicted molar refractivity (Wildman–Crippen MR) is 205 cm³/mol. The van der Waals surface area contributed by atoms with Crippen LogP contribution >= 0.6 is 0 Å². The first-order chi connectivity index (χ1) is 21.3.